The van der Waals surface area contributed by atoms with Gasteiger partial charge in [-0.2, -0.15) is 0 Å². The van der Waals surface area contributed by atoms with E-state index in [1.54, 1.807) is 24.3 Å². The van der Waals surface area contributed by atoms with Crippen molar-refractivity contribution in [2.24, 2.45) is 0 Å². The monoisotopic (exact) mass is 347 g/mol. The van der Waals surface area contributed by atoms with Gasteiger partial charge >= 0.3 is 6.03 Å². The van der Waals surface area contributed by atoms with E-state index in [4.69, 9.17) is 16.3 Å². The van der Waals surface area contributed by atoms with Crippen LogP contribution in [0.5, 0.6) is 5.75 Å². The molecule has 24 heavy (non-hydrogen) atoms. The summed E-state index contributed by atoms with van der Waals surface area (Å²) in [7, 11) is 1.36. The number of ether oxygens (including phenoxy) is 1. The van der Waals surface area contributed by atoms with Crippen LogP contribution in [0.3, 0.4) is 0 Å². The van der Waals surface area contributed by atoms with Crippen LogP contribution < -0.4 is 15.4 Å². The maximum absolute atomic E-state index is 11.9. The van der Waals surface area contributed by atoms with E-state index >= 15 is 0 Å². The first-order valence-electron chi connectivity index (χ1n) is 6.82. The first kappa shape index (κ1) is 17.3. The highest BCUT2D eigenvalue weighted by Gasteiger charge is 2.12. The maximum atomic E-state index is 11.9. The molecule has 2 aromatic rings. The van der Waals surface area contributed by atoms with Crippen molar-refractivity contribution in [3.05, 3.63) is 69.4 Å². The Hall–Kier alpha value is -3.06. The second-order valence-electron chi connectivity index (χ2n) is 4.60. The largest absolute Gasteiger partial charge is 0.494 e. The predicted octanol–water partition coefficient (Wildman–Crippen LogP) is 4.05. The molecule has 0 aliphatic rings. The minimum Gasteiger partial charge on any atom is -0.494 e. The number of anilines is 1. The number of hydrogen-bond acceptors (Lipinski definition) is 4. The fourth-order valence-corrected chi connectivity index (χ4v) is 2.07. The number of non-ortho nitro benzene ring substituents is 1. The van der Waals surface area contributed by atoms with Gasteiger partial charge < -0.3 is 15.4 Å². The smallest absolute Gasteiger partial charge is 0.323 e. The van der Waals surface area contributed by atoms with Crippen LogP contribution in [0.1, 0.15) is 5.56 Å². The highest BCUT2D eigenvalue weighted by atomic mass is 35.5. The molecular formula is C16H14ClN3O4. The summed E-state index contributed by atoms with van der Waals surface area (Å²) >= 11 is 6.00. The van der Waals surface area contributed by atoms with Crippen LogP contribution in [0.25, 0.3) is 6.08 Å². The number of nitrogens with zero attached hydrogens (tertiary/aromatic N) is 1. The van der Waals surface area contributed by atoms with Crippen molar-refractivity contribution >= 4 is 35.1 Å². The molecule has 0 spiro atoms. The summed E-state index contributed by atoms with van der Waals surface area (Å²) < 4.78 is 5.04. The third-order valence-electron chi connectivity index (χ3n) is 3.03. The van der Waals surface area contributed by atoms with Gasteiger partial charge in [0.2, 0.25) is 0 Å². The number of rotatable bonds is 5. The average Bonchev–Trinajstić information content (AvgIpc) is 2.56. The lowest BCUT2D eigenvalue weighted by molar-refractivity contribution is -0.384. The molecule has 0 heterocycles. The molecule has 8 heteroatoms. The van der Waals surface area contributed by atoms with Gasteiger partial charge in [-0.05, 0) is 23.8 Å². The molecule has 0 radical (unpaired) electrons. The lowest BCUT2D eigenvalue weighted by Crippen LogP contribution is -2.24. The normalized spacial score (nSPS) is 10.4. The van der Waals surface area contributed by atoms with Gasteiger partial charge in [0.15, 0.2) is 0 Å². The van der Waals surface area contributed by atoms with E-state index in [1.807, 2.05) is 6.07 Å². The van der Waals surface area contributed by atoms with E-state index in [9.17, 15) is 14.9 Å². The van der Waals surface area contributed by atoms with Crippen molar-refractivity contribution in [1.82, 2.24) is 5.32 Å². The zero-order valence-corrected chi connectivity index (χ0v) is 13.4. The first-order chi connectivity index (χ1) is 11.5. The number of halogens is 1. The van der Waals surface area contributed by atoms with E-state index in [2.05, 4.69) is 10.6 Å². The molecule has 0 aromatic heterocycles. The zero-order chi connectivity index (χ0) is 17.5. The number of nitro benzene ring substituents is 1. The maximum Gasteiger partial charge on any atom is 0.323 e. The third kappa shape index (κ3) is 4.47. The van der Waals surface area contributed by atoms with E-state index in [0.29, 0.717) is 10.7 Å². The van der Waals surface area contributed by atoms with E-state index in [1.165, 1.54) is 31.5 Å². The Morgan fingerprint density at radius 1 is 1.29 bits per heavy atom. The van der Waals surface area contributed by atoms with Gasteiger partial charge in [0, 0.05) is 17.3 Å². The highest BCUT2D eigenvalue weighted by Crippen LogP contribution is 2.28. The van der Waals surface area contributed by atoms with Crippen LogP contribution in [0.2, 0.25) is 5.02 Å². The van der Waals surface area contributed by atoms with Gasteiger partial charge in [0.05, 0.1) is 23.8 Å². The Bertz CT molecular complexity index is 793. The van der Waals surface area contributed by atoms with Crippen molar-refractivity contribution in [3.8, 4) is 5.75 Å². The number of hydrogen-bond donors (Lipinski definition) is 2. The molecule has 2 N–H and O–H groups in total. The summed E-state index contributed by atoms with van der Waals surface area (Å²) in [5.41, 5.74) is 0.940. The van der Waals surface area contributed by atoms with Crippen molar-refractivity contribution < 1.29 is 14.5 Å². The zero-order valence-electron chi connectivity index (χ0n) is 12.7. The molecule has 2 rings (SSSR count). The lowest BCUT2D eigenvalue weighted by atomic mass is 10.2. The van der Waals surface area contributed by atoms with Crippen LogP contribution in [-0.2, 0) is 0 Å². The number of carbonyl (C=O) groups excluding carboxylic acids is 1. The number of nitrogens with one attached hydrogen (secondary N) is 2. The summed E-state index contributed by atoms with van der Waals surface area (Å²) in [5, 5.41) is 16.4. The molecule has 2 amide bonds. The molecule has 0 saturated carbocycles. The molecule has 0 bridgehead atoms. The molecule has 0 aliphatic heterocycles. The molecule has 0 saturated heterocycles. The highest BCUT2D eigenvalue weighted by molar-refractivity contribution is 6.32. The summed E-state index contributed by atoms with van der Waals surface area (Å²) in [6, 6.07) is 10.6. The lowest BCUT2D eigenvalue weighted by Gasteiger charge is -2.09. The van der Waals surface area contributed by atoms with Crippen molar-refractivity contribution in [1.29, 1.82) is 0 Å². The quantitative estimate of drug-likeness (QED) is 0.630. The van der Waals surface area contributed by atoms with Gasteiger partial charge in [0.1, 0.15) is 5.75 Å². The van der Waals surface area contributed by atoms with Gasteiger partial charge in [0.25, 0.3) is 5.69 Å². The minimum absolute atomic E-state index is 0.128. The van der Waals surface area contributed by atoms with Gasteiger partial charge in [-0.1, -0.05) is 29.8 Å². The summed E-state index contributed by atoms with van der Waals surface area (Å²) in [6.45, 7) is 0. The number of carbonyl (C=O) groups is 1. The standard InChI is InChI=1S/C16H14ClN3O4/c1-24-15-10-12(20(22)23)6-7-14(15)19-16(21)18-9-8-11-4-2-3-5-13(11)17/h2-10H,1H3,(H2,18,19,21)/b9-8+. The average molecular weight is 348 g/mol. The van der Waals surface area contributed by atoms with E-state index in [-0.39, 0.29) is 11.4 Å². The number of methoxy groups -OCH3 is 1. The summed E-state index contributed by atoms with van der Waals surface area (Å²) in [5.74, 6) is 0.189. The Morgan fingerprint density at radius 2 is 2.04 bits per heavy atom. The van der Waals surface area contributed by atoms with Gasteiger partial charge in [-0.15, -0.1) is 0 Å². The predicted molar refractivity (Wildman–Crippen MR) is 92.3 cm³/mol. The molecule has 7 nitrogen and oxygen atoms in total. The van der Waals surface area contributed by atoms with Crippen LogP contribution in [-0.4, -0.2) is 18.1 Å². The summed E-state index contributed by atoms with van der Waals surface area (Å²) in [6.07, 6.45) is 3.09. The topological polar surface area (TPSA) is 93.5 Å². The first-order valence-corrected chi connectivity index (χ1v) is 7.20. The van der Waals surface area contributed by atoms with Crippen molar-refractivity contribution in [3.63, 3.8) is 0 Å². The second kappa shape index (κ2) is 7.98. The number of benzene rings is 2. The SMILES string of the molecule is COc1cc([N+](=O)[O-])ccc1NC(=O)N/C=C/c1ccccc1Cl. The van der Waals surface area contributed by atoms with Crippen molar-refractivity contribution in [2.75, 3.05) is 12.4 Å². The number of amides is 2. The van der Waals surface area contributed by atoms with Gasteiger partial charge in [-0.25, -0.2) is 4.79 Å². The Kier molecular flexibility index (Phi) is 5.75. The Morgan fingerprint density at radius 3 is 2.71 bits per heavy atom. The van der Waals surface area contributed by atoms with Gasteiger partial charge in [-0.3, -0.25) is 10.1 Å². The van der Waals surface area contributed by atoms with E-state index in [0.717, 1.165) is 5.56 Å². The number of nitro groups is 1. The van der Waals surface area contributed by atoms with Crippen molar-refractivity contribution in [2.45, 2.75) is 0 Å². The van der Waals surface area contributed by atoms with Crippen LogP contribution in [0, 0.1) is 10.1 Å². The molecule has 0 atom stereocenters. The number of urea groups is 1. The second-order valence-corrected chi connectivity index (χ2v) is 5.00. The minimum atomic E-state index is -0.543. The molecule has 0 unspecified atom stereocenters. The van der Waals surface area contributed by atoms with Crippen LogP contribution >= 0.6 is 11.6 Å². The fourth-order valence-electron chi connectivity index (χ4n) is 1.87. The van der Waals surface area contributed by atoms with Crippen LogP contribution in [0.15, 0.2) is 48.7 Å². The molecular weight excluding hydrogens is 334 g/mol. The molecule has 2 aromatic carbocycles. The Labute approximate surface area is 143 Å². The molecule has 124 valence electrons. The van der Waals surface area contributed by atoms with E-state index < -0.39 is 11.0 Å². The fraction of sp³-hybridized carbons (Fsp3) is 0.0625. The summed E-state index contributed by atoms with van der Waals surface area (Å²) in [4.78, 5) is 22.1. The molecule has 0 fully saturated rings. The Balaban J connectivity index is 2.02. The third-order valence-corrected chi connectivity index (χ3v) is 3.37. The van der Waals surface area contributed by atoms with Crippen LogP contribution in [0.4, 0.5) is 16.2 Å². The molecule has 0 aliphatic carbocycles.